The Hall–Kier alpha value is -3.50. The van der Waals surface area contributed by atoms with Gasteiger partial charge in [0.25, 0.3) is 5.91 Å². The molecule has 1 amide bonds. The molecular formula is C21H17ClN6O. The summed E-state index contributed by atoms with van der Waals surface area (Å²) < 4.78 is 1.99. The number of halogens is 1. The third kappa shape index (κ3) is 4.18. The fraction of sp³-hybridized carbons (Fsp3) is 0.190. The third-order valence-corrected chi connectivity index (χ3v) is 5.08. The highest BCUT2D eigenvalue weighted by atomic mass is 35.5. The van der Waals surface area contributed by atoms with Gasteiger partial charge >= 0.3 is 0 Å². The lowest BCUT2D eigenvalue weighted by atomic mass is 9.97. The molecule has 0 aliphatic carbocycles. The van der Waals surface area contributed by atoms with E-state index in [0.29, 0.717) is 31.0 Å². The van der Waals surface area contributed by atoms with Crippen molar-refractivity contribution in [2.45, 2.75) is 17.8 Å². The van der Waals surface area contributed by atoms with Gasteiger partial charge in [-0.05, 0) is 23.8 Å². The predicted molar refractivity (Wildman–Crippen MR) is 108 cm³/mol. The predicted octanol–water partition coefficient (Wildman–Crippen LogP) is 2.72. The van der Waals surface area contributed by atoms with Crippen LogP contribution in [-0.4, -0.2) is 36.8 Å². The molecule has 0 saturated heterocycles. The number of anilines is 1. The van der Waals surface area contributed by atoms with Crippen molar-refractivity contribution in [3.8, 4) is 6.07 Å². The Labute approximate surface area is 172 Å². The molecule has 1 unspecified atom stereocenters. The fourth-order valence-corrected chi connectivity index (χ4v) is 3.57. The number of nitrogens with zero attached hydrogens (tertiary/aromatic N) is 6. The Morgan fingerprint density at radius 2 is 2.10 bits per heavy atom. The Morgan fingerprint density at radius 3 is 2.83 bits per heavy atom. The highest BCUT2D eigenvalue weighted by Crippen LogP contribution is 2.30. The molecular weight excluding hydrogens is 388 g/mol. The van der Waals surface area contributed by atoms with E-state index in [-0.39, 0.29) is 5.91 Å². The average Bonchev–Trinajstić information content (AvgIpc) is 3.17. The van der Waals surface area contributed by atoms with Gasteiger partial charge in [0.1, 0.15) is 17.6 Å². The van der Waals surface area contributed by atoms with Gasteiger partial charge in [-0.3, -0.25) is 9.69 Å². The summed E-state index contributed by atoms with van der Waals surface area (Å²) in [6.07, 6.45) is 10.6. The first-order valence-corrected chi connectivity index (χ1v) is 9.39. The van der Waals surface area contributed by atoms with E-state index in [4.69, 9.17) is 16.9 Å². The molecule has 1 aliphatic heterocycles. The van der Waals surface area contributed by atoms with Crippen LogP contribution in [0.25, 0.3) is 0 Å². The summed E-state index contributed by atoms with van der Waals surface area (Å²) in [6.45, 7) is 0.873. The van der Waals surface area contributed by atoms with Crippen molar-refractivity contribution in [1.29, 1.82) is 5.26 Å². The van der Waals surface area contributed by atoms with Gasteiger partial charge in [-0.2, -0.15) is 5.26 Å². The van der Waals surface area contributed by atoms with Crippen molar-refractivity contribution in [3.63, 3.8) is 0 Å². The number of alkyl halides is 1. The number of rotatable bonds is 5. The summed E-state index contributed by atoms with van der Waals surface area (Å²) in [5, 5.41) is 8.88. The zero-order valence-corrected chi connectivity index (χ0v) is 16.2. The zero-order valence-electron chi connectivity index (χ0n) is 15.4. The zero-order chi connectivity index (χ0) is 20.3. The standard InChI is InChI=1S/C21H17ClN6O/c22-21(7-6-20(29)28(14-21)19-3-1-2-8-25-19)9-18-12-24-15-27(18)13-16-4-5-17(10-23)26-11-16/h1-8,11-12,15H,9,13-14H2. The van der Waals surface area contributed by atoms with Crippen LogP contribution < -0.4 is 4.90 Å². The van der Waals surface area contributed by atoms with E-state index in [1.165, 1.54) is 6.08 Å². The summed E-state index contributed by atoms with van der Waals surface area (Å²) in [5.74, 6) is 0.432. The Kier molecular flexibility index (Phi) is 5.10. The molecule has 0 fully saturated rings. The van der Waals surface area contributed by atoms with E-state index < -0.39 is 4.87 Å². The first-order valence-electron chi connectivity index (χ1n) is 9.01. The minimum atomic E-state index is -0.772. The number of pyridine rings is 2. The molecule has 1 atom stereocenters. The van der Waals surface area contributed by atoms with Crippen LogP contribution in [0.15, 0.2) is 67.4 Å². The normalized spacial score (nSPS) is 18.6. The van der Waals surface area contributed by atoms with Gasteiger partial charge < -0.3 is 4.57 Å². The smallest absolute Gasteiger partial charge is 0.251 e. The fourth-order valence-electron chi connectivity index (χ4n) is 3.25. The van der Waals surface area contributed by atoms with Crippen LogP contribution in [0.2, 0.25) is 0 Å². The number of carbonyl (C=O) groups is 1. The number of amides is 1. The summed E-state index contributed by atoms with van der Waals surface area (Å²) >= 11 is 6.89. The van der Waals surface area contributed by atoms with Crippen LogP contribution in [0, 0.1) is 11.3 Å². The van der Waals surface area contributed by atoms with E-state index in [0.717, 1.165) is 11.3 Å². The average molecular weight is 405 g/mol. The number of nitriles is 1. The largest absolute Gasteiger partial charge is 0.330 e. The van der Waals surface area contributed by atoms with E-state index >= 15 is 0 Å². The van der Waals surface area contributed by atoms with Crippen molar-refractivity contribution < 1.29 is 4.79 Å². The van der Waals surface area contributed by atoms with Gasteiger partial charge in [-0.15, -0.1) is 11.6 Å². The molecule has 7 nitrogen and oxygen atoms in total. The highest BCUT2D eigenvalue weighted by molar-refractivity contribution is 6.27. The second kappa shape index (κ2) is 7.86. The number of hydrogen-bond acceptors (Lipinski definition) is 5. The number of carbonyl (C=O) groups excluding carboxylic acids is 1. The van der Waals surface area contributed by atoms with Gasteiger partial charge in [0.15, 0.2) is 0 Å². The molecule has 0 aromatic carbocycles. The molecule has 3 aromatic rings. The monoisotopic (exact) mass is 404 g/mol. The maximum atomic E-state index is 12.3. The van der Waals surface area contributed by atoms with Crippen LogP contribution in [-0.2, 0) is 17.8 Å². The molecule has 0 saturated carbocycles. The summed E-state index contributed by atoms with van der Waals surface area (Å²) in [7, 11) is 0. The van der Waals surface area contributed by atoms with E-state index in [1.54, 1.807) is 54.1 Å². The summed E-state index contributed by atoms with van der Waals surface area (Å²) in [6, 6.07) is 11.0. The van der Waals surface area contributed by atoms with Crippen LogP contribution in [0.3, 0.4) is 0 Å². The molecule has 1 aliphatic rings. The lowest BCUT2D eigenvalue weighted by molar-refractivity contribution is -0.114. The quantitative estimate of drug-likeness (QED) is 0.610. The maximum Gasteiger partial charge on any atom is 0.251 e. The van der Waals surface area contributed by atoms with Gasteiger partial charge in [0, 0.05) is 36.8 Å². The molecule has 0 bridgehead atoms. The van der Waals surface area contributed by atoms with E-state index in [9.17, 15) is 4.79 Å². The van der Waals surface area contributed by atoms with Crippen molar-refractivity contribution in [3.05, 3.63) is 84.4 Å². The first kappa shape index (κ1) is 18.8. The van der Waals surface area contributed by atoms with E-state index in [2.05, 4.69) is 15.0 Å². The van der Waals surface area contributed by atoms with Crippen molar-refractivity contribution >= 4 is 23.3 Å². The maximum absolute atomic E-state index is 12.3. The second-order valence-corrected chi connectivity index (χ2v) is 7.59. The Morgan fingerprint density at radius 1 is 1.21 bits per heavy atom. The van der Waals surface area contributed by atoms with Crippen molar-refractivity contribution in [2.75, 3.05) is 11.4 Å². The van der Waals surface area contributed by atoms with Gasteiger partial charge in [0.2, 0.25) is 0 Å². The van der Waals surface area contributed by atoms with Gasteiger partial charge in [-0.1, -0.05) is 18.2 Å². The lowest BCUT2D eigenvalue weighted by Crippen LogP contribution is -2.46. The molecule has 29 heavy (non-hydrogen) atoms. The van der Waals surface area contributed by atoms with Crippen molar-refractivity contribution in [1.82, 2.24) is 19.5 Å². The van der Waals surface area contributed by atoms with Crippen molar-refractivity contribution in [2.24, 2.45) is 0 Å². The SMILES string of the molecule is N#Cc1ccc(Cn2cncc2CC2(Cl)C=CC(=O)N(c3ccccn3)C2)cn1. The van der Waals surface area contributed by atoms with Crippen LogP contribution >= 0.6 is 11.6 Å². The van der Waals surface area contributed by atoms with Gasteiger partial charge in [0.05, 0.1) is 24.3 Å². The lowest BCUT2D eigenvalue weighted by Gasteiger charge is -2.34. The molecule has 4 rings (SSSR count). The minimum absolute atomic E-state index is 0.142. The summed E-state index contributed by atoms with van der Waals surface area (Å²) in [5.41, 5.74) is 2.27. The molecule has 144 valence electrons. The Balaban J connectivity index is 1.53. The topological polar surface area (TPSA) is 87.7 Å². The van der Waals surface area contributed by atoms with Gasteiger partial charge in [-0.25, -0.2) is 15.0 Å². The number of hydrogen-bond donors (Lipinski definition) is 0. The highest BCUT2D eigenvalue weighted by Gasteiger charge is 2.35. The summed E-state index contributed by atoms with van der Waals surface area (Å²) in [4.78, 5) is 25.8. The van der Waals surface area contributed by atoms with E-state index in [1.807, 2.05) is 22.8 Å². The Bertz CT molecular complexity index is 1090. The molecule has 8 heteroatoms. The third-order valence-electron chi connectivity index (χ3n) is 4.70. The molecule has 0 N–H and O–H groups in total. The molecule has 0 radical (unpaired) electrons. The number of aromatic nitrogens is 4. The van der Waals surface area contributed by atoms with Crippen LogP contribution in [0.1, 0.15) is 17.0 Å². The van der Waals surface area contributed by atoms with Crippen LogP contribution in [0.4, 0.5) is 5.82 Å². The first-order chi connectivity index (χ1) is 14.1. The molecule has 0 spiro atoms. The molecule has 4 heterocycles. The van der Waals surface area contributed by atoms with Crippen LogP contribution in [0.5, 0.6) is 0 Å². The number of imidazole rings is 1. The minimum Gasteiger partial charge on any atom is -0.330 e. The molecule has 3 aromatic heterocycles. The second-order valence-electron chi connectivity index (χ2n) is 6.83.